The molecule has 1 amide bonds. The van der Waals surface area contributed by atoms with Crippen molar-refractivity contribution in [3.05, 3.63) is 78.7 Å². The van der Waals surface area contributed by atoms with Crippen molar-refractivity contribution < 1.29 is 13.2 Å². The lowest BCUT2D eigenvalue weighted by atomic mass is 10.2. The molecule has 8 nitrogen and oxygen atoms in total. The highest BCUT2D eigenvalue weighted by atomic mass is 32.2. The number of carbonyl (C=O) groups excluding carboxylic acids is 1. The molecule has 0 aliphatic carbocycles. The van der Waals surface area contributed by atoms with Crippen LogP contribution < -0.4 is 10.2 Å². The van der Waals surface area contributed by atoms with E-state index in [1.807, 2.05) is 0 Å². The van der Waals surface area contributed by atoms with E-state index in [-0.39, 0.29) is 22.2 Å². The SMILES string of the molecule is C=Cc1nccn1/C=C(\C)C(=O)NCc1ccc(S(=O)(=O)c2cncc(N3CCCC3)c2)cc1. The van der Waals surface area contributed by atoms with Crippen molar-refractivity contribution in [2.24, 2.45) is 0 Å². The molecule has 9 heteroatoms. The van der Waals surface area contributed by atoms with Gasteiger partial charge in [-0.3, -0.25) is 9.78 Å². The Bertz CT molecular complexity index is 1320. The summed E-state index contributed by atoms with van der Waals surface area (Å²) in [7, 11) is -3.69. The molecule has 0 saturated carbocycles. The maximum Gasteiger partial charge on any atom is 0.248 e. The highest BCUT2D eigenvalue weighted by molar-refractivity contribution is 7.91. The van der Waals surface area contributed by atoms with E-state index in [1.54, 1.807) is 72.7 Å². The van der Waals surface area contributed by atoms with Crippen LogP contribution in [0.1, 0.15) is 31.2 Å². The molecule has 0 bridgehead atoms. The van der Waals surface area contributed by atoms with Crippen molar-refractivity contribution in [3.8, 4) is 0 Å². The summed E-state index contributed by atoms with van der Waals surface area (Å²) in [6.45, 7) is 7.51. The first-order valence-electron chi connectivity index (χ1n) is 11.0. The summed E-state index contributed by atoms with van der Waals surface area (Å²) in [6.07, 6.45) is 12.0. The predicted octanol–water partition coefficient (Wildman–Crippen LogP) is 3.53. The van der Waals surface area contributed by atoms with Gasteiger partial charge >= 0.3 is 0 Å². The van der Waals surface area contributed by atoms with E-state index in [2.05, 4.69) is 26.8 Å². The molecular formula is C25H27N5O3S. The number of amides is 1. The third kappa shape index (κ3) is 5.09. The molecule has 1 aliphatic heterocycles. The second-order valence-electron chi connectivity index (χ2n) is 8.11. The molecule has 0 atom stereocenters. The van der Waals surface area contributed by atoms with Crippen LogP contribution in [0.15, 0.2) is 77.1 Å². The zero-order valence-electron chi connectivity index (χ0n) is 19.0. The normalized spacial score (nSPS) is 14.3. The lowest BCUT2D eigenvalue weighted by Crippen LogP contribution is -2.23. The molecule has 1 N–H and O–H groups in total. The summed E-state index contributed by atoms with van der Waals surface area (Å²) >= 11 is 0. The van der Waals surface area contributed by atoms with Crippen LogP contribution in [0.5, 0.6) is 0 Å². The van der Waals surface area contributed by atoms with Gasteiger partial charge in [-0.05, 0) is 49.6 Å². The average molecular weight is 478 g/mol. The first-order valence-corrected chi connectivity index (χ1v) is 12.5. The van der Waals surface area contributed by atoms with E-state index >= 15 is 0 Å². The van der Waals surface area contributed by atoms with Crippen molar-refractivity contribution in [2.45, 2.75) is 36.1 Å². The molecule has 3 heterocycles. The summed E-state index contributed by atoms with van der Waals surface area (Å²) in [5, 5.41) is 2.85. The number of rotatable bonds is 8. The van der Waals surface area contributed by atoms with Crippen LogP contribution in [0.25, 0.3) is 12.3 Å². The summed E-state index contributed by atoms with van der Waals surface area (Å²) in [5.41, 5.74) is 2.13. The first-order chi connectivity index (χ1) is 16.4. The highest BCUT2D eigenvalue weighted by Crippen LogP contribution is 2.26. The molecule has 0 radical (unpaired) electrons. The van der Waals surface area contributed by atoms with Crippen molar-refractivity contribution in [3.63, 3.8) is 0 Å². The Morgan fingerprint density at radius 1 is 1.15 bits per heavy atom. The minimum atomic E-state index is -3.69. The van der Waals surface area contributed by atoms with Gasteiger partial charge in [-0.2, -0.15) is 0 Å². The van der Waals surface area contributed by atoms with Gasteiger partial charge in [-0.15, -0.1) is 0 Å². The summed E-state index contributed by atoms with van der Waals surface area (Å²) in [4.78, 5) is 23.3. The fraction of sp³-hybridized carbons (Fsp3) is 0.240. The standard InChI is InChI=1S/C25H27N5O3S/c1-3-24-27-10-13-30(24)18-19(2)25(31)28-15-20-6-8-22(9-7-20)34(32,33)23-14-21(16-26-17-23)29-11-4-5-12-29/h3,6-10,13-14,16-18H,1,4-5,11-12,15H2,2H3,(H,28,31)/b19-18+. The second kappa shape index (κ2) is 10.0. The van der Waals surface area contributed by atoms with E-state index in [4.69, 9.17) is 0 Å². The number of hydrogen-bond acceptors (Lipinski definition) is 6. The monoisotopic (exact) mass is 477 g/mol. The molecule has 34 heavy (non-hydrogen) atoms. The largest absolute Gasteiger partial charge is 0.370 e. The van der Waals surface area contributed by atoms with Crippen LogP contribution in [0.4, 0.5) is 5.69 Å². The smallest absolute Gasteiger partial charge is 0.248 e. The molecule has 1 saturated heterocycles. The quantitative estimate of drug-likeness (QED) is 0.499. The molecule has 176 valence electrons. The Morgan fingerprint density at radius 2 is 1.88 bits per heavy atom. The van der Waals surface area contributed by atoms with E-state index in [0.29, 0.717) is 11.4 Å². The van der Waals surface area contributed by atoms with Crippen molar-refractivity contribution >= 4 is 33.7 Å². The molecular weight excluding hydrogens is 450 g/mol. The van der Waals surface area contributed by atoms with Crippen molar-refractivity contribution in [2.75, 3.05) is 18.0 Å². The molecule has 4 rings (SSSR count). The third-order valence-electron chi connectivity index (χ3n) is 5.74. The van der Waals surface area contributed by atoms with Gasteiger partial charge in [-0.25, -0.2) is 13.4 Å². The van der Waals surface area contributed by atoms with Crippen LogP contribution in [0.2, 0.25) is 0 Å². The minimum absolute atomic E-state index is 0.178. The fourth-order valence-electron chi connectivity index (χ4n) is 3.81. The highest BCUT2D eigenvalue weighted by Gasteiger charge is 2.21. The number of anilines is 1. The molecule has 0 spiro atoms. The Kier molecular flexibility index (Phi) is 6.93. The second-order valence-corrected chi connectivity index (χ2v) is 10.1. The Labute approximate surface area is 199 Å². The van der Waals surface area contributed by atoms with Gasteiger partial charge in [0.25, 0.3) is 0 Å². The van der Waals surface area contributed by atoms with Crippen LogP contribution >= 0.6 is 0 Å². The van der Waals surface area contributed by atoms with Gasteiger partial charge in [0.05, 0.1) is 21.7 Å². The van der Waals surface area contributed by atoms with Crippen molar-refractivity contribution in [1.29, 1.82) is 0 Å². The van der Waals surface area contributed by atoms with Gasteiger partial charge < -0.3 is 14.8 Å². The topological polar surface area (TPSA) is 97.2 Å². The van der Waals surface area contributed by atoms with Crippen LogP contribution in [0, 0.1) is 0 Å². The number of benzene rings is 1. The molecule has 0 unspecified atom stereocenters. The van der Waals surface area contributed by atoms with Gasteiger partial charge in [0, 0.05) is 50.0 Å². The lowest BCUT2D eigenvalue weighted by molar-refractivity contribution is -0.117. The van der Waals surface area contributed by atoms with E-state index in [0.717, 1.165) is 37.2 Å². The zero-order valence-corrected chi connectivity index (χ0v) is 19.8. The number of hydrogen-bond donors (Lipinski definition) is 1. The molecule has 1 aromatic carbocycles. The van der Waals surface area contributed by atoms with Crippen molar-refractivity contribution in [1.82, 2.24) is 19.9 Å². The molecule has 2 aromatic heterocycles. The Hall–Kier alpha value is -3.72. The van der Waals surface area contributed by atoms with E-state index < -0.39 is 9.84 Å². The molecule has 3 aromatic rings. The maximum atomic E-state index is 13.1. The number of imidazole rings is 1. The number of nitrogens with one attached hydrogen (secondary N) is 1. The van der Waals surface area contributed by atoms with Crippen LogP contribution in [0.3, 0.4) is 0 Å². The van der Waals surface area contributed by atoms with E-state index in [9.17, 15) is 13.2 Å². The number of nitrogens with zero attached hydrogens (tertiary/aromatic N) is 4. The molecule has 1 fully saturated rings. The average Bonchev–Trinajstić information content (AvgIpc) is 3.55. The van der Waals surface area contributed by atoms with Gasteiger partial charge in [0.2, 0.25) is 15.7 Å². The number of aromatic nitrogens is 3. The van der Waals surface area contributed by atoms with Gasteiger partial charge in [-0.1, -0.05) is 18.7 Å². The zero-order chi connectivity index (χ0) is 24.1. The number of pyridine rings is 1. The predicted molar refractivity (Wildman–Crippen MR) is 132 cm³/mol. The maximum absolute atomic E-state index is 13.1. The van der Waals surface area contributed by atoms with Gasteiger partial charge in [0.1, 0.15) is 5.82 Å². The number of sulfone groups is 1. The third-order valence-corrected chi connectivity index (χ3v) is 7.48. The fourth-order valence-corrected chi connectivity index (χ4v) is 5.05. The number of carbonyl (C=O) groups is 1. The minimum Gasteiger partial charge on any atom is -0.370 e. The summed E-state index contributed by atoms with van der Waals surface area (Å²) in [5.74, 6) is 0.412. The Balaban J connectivity index is 1.42. The Morgan fingerprint density at radius 3 is 2.59 bits per heavy atom. The van der Waals surface area contributed by atoms with Crippen LogP contribution in [-0.4, -0.2) is 41.9 Å². The molecule has 1 aliphatic rings. The van der Waals surface area contributed by atoms with E-state index in [1.165, 1.54) is 6.20 Å². The summed E-state index contributed by atoms with van der Waals surface area (Å²) in [6, 6.07) is 8.22. The lowest BCUT2D eigenvalue weighted by Gasteiger charge is -2.17. The summed E-state index contributed by atoms with van der Waals surface area (Å²) < 4.78 is 28.0. The van der Waals surface area contributed by atoms with Crippen LogP contribution in [-0.2, 0) is 21.2 Å². The van der Waals surface area contributed by atoms with Gasteiger partial charge in [0.15, 0.2) is 0 Å². The first kappa shape index (κ1) is 23.4.